The molecule has 0 bridgehead atoms. The second-order valence-corrected chi connectivity index (χ2v) is 4.43. The molecule has 0 fully saturated rings. The molecule has 0 aliphatic rings. The molecule has 6 heteroatoms. The van der Waals surface area contributed by atoms with Gasteiger partial charge >= 0.3 is 0 Å². The van der Waals surface area contributed by atoms with Crippen molar-refractivity contribution in [2.24, 2.45) is 7.05 Å². The van der Waals surface area contributed by atoms with Gasteiger partial charge in [0.05, 0.1) is 0 Å². The van der Waals surface area contributed by atoms with E-state index in [9.17, 15) is 4.79 Å². The number of hydrogen-bond donors (Lipinski definition) is 1. The van der Waals surface area contributed by atoms with Crippen LogP contribution in [0, 0.1) is 6.92 Å². The number of carbonyl (C=O) groups is 1. The molecule has 0 radical (unpaired) electrons. The van der Waals surface area contributed by atoms with Gasteiger partial charge in [-0.1, -0.05) is 22.0 Å². The van der Waals surface area contributed by atoms with E-state index in [2.05, 4.69) is 31.3 Å². The van der Waals surface area contributed by atoms with Gasteiger partial charge in [-0.25, -0.2) is 4.68 Å². The average Bonchev–Trinajstić information content (AvgIpc) is 2.68. The number of aryl methyl sites for hydroxylation is 1. The van der Waals surface area contributed by atoms with E-state index in [0.29, 0.717) is 11.5 Å². The summed E-state index contributed by atoms with van der Waals surface area (Å²) in [5.41, 5.74) is 1.51. The Morgan fingerprint density at radius 3 is 2.88 bits per heavy atom. The Bertz CT molecular complexity index is 564. The van der Waals surface area contributed by atoms with E-state index in [1.165, 1.54) is 11.0 Å². The quantitative estimate of drug-likeness (QED) is 0.923. The highest BCUT2D eigenvalue weighted by Crippen LogP contribution is 2.20. The second-order valence-electron chi connectivity index (χ2n) is 3.57. The first-order valence-electron chi connectivity index (χ1n) is 5.00. The number of aromatic nitrogens is 3. The van der Waals surface area contributed by atoms with E-state index in [4.69, 9.17) is 0 Å². The van der Waals surface area contributed by atoms with Crippen molar-refractivity contribution in [2.45, 2.75) is 6.92 Å². The molecule has 1 heterocycles. The van der Waals surface area contributed by atoms with Gasteiger partial charge in [-0.15, -0.1) is 0 Å². The third-order valence-corrected chi connectivity index (χ3v) is 3.31. The SMILES string of the molecule is Cc1c(Br)cccc1C(=O)Nc1ncnn1C. The fourth-order valence-corrected chi connectivity index (χ4v) is 1.80. The lowest BCUT2D eigenvalue weighted by Crippen LogP contribution is -2.16. The second kappa shape index (κ2) is 4.67. The van der Waals surface area contributed by atoms with Crippen LogP contribution in [0.15, 0.2) is 29.0 Å². The number of rotatable bonds is 2. The van der Waals surface area contributed by atoms with E-state index in [1.807, 2.05) is 19.1 Å². The summed E-state index contributed by atoms with van der Waals surface area (Å²) >= 11 is 3.39. The molecule has 1 aromatic heterocycles. The molecule has 0 saturated carbocycles. The molecule has 1 amide bonds. The summed E-state index contributed by atoms with van der Waals surface area (Å²) in [6.45, 7) is 1.88. The highest BCUT2D eigenvalue weighted by molar-refractivity contribution is 9.10. The van der Waals surface area contributed by atoms with Crippen LogP contribution in [0.5, 0.6) is 0 Å². The van der Waals surface area contributed by atoms with Gasteiger partial charge in [-0.3, -0.25) is 10.1 Å². The summed E-state index contributed by atoms with van der Waals surface area (Å²) in [4.78, 5) is 16.0. The summed E-state index contributed by atoms with van der Waals surface area (Å²) in [6, 6.07) is 5.49. The van der Waals surface area contributed by atoms with Crippen molar-refractivity contribution in [1.29, 1.82) is 0 Å². The number of hydrogen-bond acceptors (Lipinski definition) is 3. The smallest absolute Gasteiger partial charge is 0.258 e. The predicted molar refractivity (Wildman–Crippen MR) is 67.8 cm³/mol. The van der Waals surface area contributed by atoms with Crippen LogP contribution in [0.2, 0.25) is 0 Å². The zero-order chi connectivity index (χ0) is 12.4. The molecule has 2 rings (SSSR count). The average molecular weight is 295 g/mol. The molecule has 2 aromatic rings. The standard InChI is InChI=1S/C11H11BrN4O/c1-7-8(4-3-5-9(7)12)10(17)15-11-13-6-14-16(11)2/h3-6H,1-2H3,(H,13,14,15,17). The minimum absolute atomic E-state index is 0.195. The summed E-state index contributed by atoms with van der Waals surface area (Å²) < 4.78 is 2.41. The van der Waals surface area contributed by atoms with E-state index in [-0.39, 0.29) is 5.91 Å². The number of amides is 1. The van der Waals surface area contributed by atoms with Crippen molar-refractivity contribution in [3.8, 4) is 0 Å². The van der Waals surface area contributed by atoms with E-state index in [1.54, 1.807) is 13.1 Å². The third-order valence-electron chi connectivity index (χ3n) is 2.45. The molecular formula is C11H11BrN4O. The number of benzene rings is 1. The topological polar surface area (TPSA) is 59.8 Å². The number of carbonyl (C=O) groups excluding carboxylic acids is 1. The molecule has 0 aliphatic heterocycles. The first-order valence-corrected chi connectivity index (χ1v) is 5.79. The van der Waals surface area contributed by atoms with E-state index in [0.717, 1.165) is 10.0 Å². The number of halogens is 1. The Morgan fingerprint density at radius 1 is 1.47 bits per heavy atom. The summed E-state index contributed by atoms with van der Waals surface area (Å²) in [6.07, 6.45) is 1.39. The van der Waals surface area contributed by atoms with Crippen molar-refractivity contribution in [1.82, 2.24) is 14.8 Å². The summed E-state index contributed by atoms with van der Waals surface area (Å²) in [5.74, 6) is 0.231. The first-order chi connectivity index (χ1) is 8.09. The van der Waals surface area contributed by atoms with E-state index >= 15 is 0 Å². The number of anilines is 1. The lowest BCUT2D eigenvalue weighted by atomic mass is 10.1. The highest BCUT2D eigenvalue weighted by Gasteiger charge is 2.12. The first kappa shape index (κ1) is 11.8. The van der Waals surface area contributed by atoms with Crippen LogP contribution in [0.3, 0.4) is 0 Å². The van der Waals surface area contributed by atoms with Crippen LogP contribution in [0.1, 0.15) is 15.9 Å². The maximum absolute atomic E-state index is 12.0. The van der Waals surface area contributed by atoms with Crippen LogP contribution in [-0.4, -0.2) is 20.7 Å². The lowest BCUT2D eigenvalue weighted by Gasteiger charge is -2.07. The zero-order valence-corrected chi connectivity index (χ0v) is 11.0. The molecule has 17 heavy (non-hydrogen) atoms. The summed E-state index contributed by atoms with van der Waals surface area (Å²) in [5, 5.41) is 6.59. The lowest BCUT2D eigenvalue weighted by molar-refractivity contribution is 0.102. The van der Waals surface area contributed by atoms with Crippen molar-refractivity contribution in [3.63, 3.8) is 0 Å². The van der Waals surface area contributed by atoms with Gasteiger partial charge in [0.1, 0.15) is 6.33 Å². The molecule has 0 aliphatic carbocycles. The predicted octanol–water partition coefficient (Wildman–Crippen LogP) is 2.14. The zero-order valence-electron chi connectivity index (χ0n) is 9.44. The molecule has 0 unspecified atom stereocenters. The fraction of sp³-hybridized carbons (Fsp3) is 0.182. The van der Waals surface area contributed by atoms with Gasteiger partial charge in [-0.05, 0) is 24.6 Å². The maximum atomic E-state index is 12.0. The van der Waals surface area contributed by atoms with Gasteiger partial charge in [0, 0.05) is 17.1 Å². The maximum Gasteiger partial charge on any atom is 0.258 e. The van der Waals surface area contributed by atoms with Gasteiger partial charge in [0.25, 0.3) is 5.91 Å². The van der Waals surface area contributed by atoms with Gasteiger partial charge in [0.15, 0.2) is 0 Å². The van der Waals surface area contributed by atoms with Crippen molar-refractivity contribution < 1.29 is 4.79 Å². The largest absolute Gasteiger partial charge is 0.291 e. The van der Waals surface area contributed by atoms with Crippen LogP contribution in [-0.2, 0) is 7.05 Å². The Balaban J connectivity index is 2.27. The molecular weight excluding hydrogens is 284 g/mol. The molecule has 1 aromatic carbocycles. The Hall–Kier alpha value is -1.69. The van der Waals surface area contributed by atoms with Gasteiger partial charge < -0.3 is 0 Å². The van der Waals surface area contributed by atoms with Crippen LogP contribution in [0.4, 0.5) is 5.95 Å². The third kappa shape index (κ3) is 2.36. The van der Waals surface area contributed by atoms with Crippen molar-refractivity contribution >= 4 is 27.8 Å². The van der Waals surface area contributed by atoms with Crippen LogP contribution < -0.4 is 5.32 Å². The van der Waals surface area contributed by atoms with Crippen LogP contribution in [0.25, 0.3) is 0 Å². The normalized spacial score (nSPS) is 10.3. The molecule has 1 N–H and O–H groups in total. The minimum Gasteiger partial charge on any atom is -0.291 e. The van der Waals surface area contributed by atoms with Crippen molar-refractivity contribution in [3.05, 3.63) is 40.1 Å². The number of nitrogens with zero attached hydrogens (tertiary/aromatic N) is 3. The number of nitrogens with one attached hydrogen (secondary N) is 1. The molecule has 0 saturated heterocycles. The Morgan fingerprint density at radius 2 is 2.24 bits per heavy atom. The molecule has 5 nitrogen and oxygen atoms in total. The van der Waals surface area contributed by atoms with Crippen LogP contribution >= 0.6 is 15.9 Å². The molecule has 88 valence electrons. The van der Waals surface area contributed by atoms with Gasteiger partial charge in [-0.2, -0.15) is 10.1 Å². The minimum atomic E-state index is -0.195. The fourth-order valence-electron chi connectivity index (χ4n) is 1.43. The Kier molecular flexibility index (Phi) is 3.23. The summed E-state index contributed by atoms with van der Waals surface area (Å²) in [7, 11) is 1.72. The van der Waals surface area contributed by atoms with Crippen molar-refractivity contribution in [2.75, 3.05) is 5.32 Å². The van der Waals surface area contributed by atoms with E-state index < -0.39 is 0 Å². The van der Waals surface area contributed by atoms with Gasteiger partial charge in [0.2, 0.25) is 5.95 Å². The molecule has 0 spiro atoms. The highest BCUT2D eigenvalue weighted by atomic mass is 79.9. The molecule has 0 atom stereocenters. The monoisotopic (exact) mass is 294 g/mol. The Labute approximate surface area is 107 Å².